The summed E-state index contributed by atoms with van der Waals surface area (Å²) in [6.45, 7) is 3.30. The van der Waals surface area contributed by atoms with Gasteiger partial charge in [0.1, 0.15) is 10.8 Å². The summed E-state index contributed by atoms with van der Waals surface area (Å²) >= 11 is 5.02. The minimum absolute atomic E-state index is 0.436. The molecule has 1 aromatic rings. The number of piperidine rings is 1. The van der Waals surface area contributed by atoms with Gasteiger partial charge in [0.2, 0.25) is 0 Å². The van der Waals surface area contributed by atoms with Gasteiger partial charge in [0.05, 0.1) is 0 Å². The molecule has 1 saturated heterocycles. The molecule has 0 radical (unpaired) electrons. The normalized spacial score (nSPS) is 16.9. The SMILES string of the molecule is CN(C)CC1CCN(c2cc(C(N)=S)ccn2)CC1. The number of rotatable bonds is 4. The van der Waals surface area contributed by atoms with Crippen molar-refractivity contribution in [1.82, 2.24) is 9.88 Å². The molecule has 2 rings (SSSR count). The Bertz CT molecular complexity index is 439. The summed E-state index contributed by atoms with van der Waals surface area (Å²) < 4.78 is 0. The highest BCUT2D eigenvalue weighted by molar-refractivity contribution is 7.80. The van der Waals surface area contributed by atoms with Crippen LogP contribution in [0.25, 0.3) is 0 Å². The van der Waals surface area contributed by atoms with Gasteiger partial charge in [0, 0.05) is 31.4 Å². The minimum Gasteiger partial charge on any atom is -0.389 e. The lowest BCUT2D eigenvalue weighted by molar-refractivity contribution is 0.284. The maximum absolute atomic E-state index is 5.67. The third-order valence-electron chi connectivity index (χ3n) is 3.59. The Hall–Kier alpha value is -1.20. The topological polar surface area (TPSA) is 45.4 Å². The summed E-state index contributed by atoms with van der Waals surface area (Å²) in [4.78, 5) is 9.47. The monoisotopic (exact) mass is 278 g/mol. The first-order chi connectivity index (χ1) is 9.06. The number of anilines is 1. The Kier molecular flexibility index (Phi) is 4.71. The van der Waals surface area contributed by atoms with Crippen LogP contribution < -0.4 is 10.6 Å². The van der Waals surface area contributed by atoms with E-state index in [2.05, 4.69) is 28.9 Å². The van der Waals surface area contributed by atoms with Crippen LogP contribution in [0.15, 0.2) is 18.3 Å². The molecule has 0 saturated carbocycles. The molecular formula is C14H22N4S. The molecule has 0 spiro atoms. The molecule has 1 aliphatic heterocycles. The lowest BCUT2D eigenvalue weighted by Crippen LogP contribution is -2.37. The molecule has 0 unspecified atom stereocenters. The molecule has 0 aromatic carbocycles. The van der Waals surface area contributed by atoms with E-state index < -0.39 is 0 Å². The van der Waals surface area contributed by atoms with Gasteiger partial charge >= 0.3 is 0 Å². The van der Waals surface area contributed by atoms with E-state index in [0.29, 0.717) is 4.99 Å². The molecule has 0 bridgehead atoms. The molecule has 2 heterocycles. The van der Waals surface area contributed by atoms with Crippen LogP contribution in [-0.4, -0.2) is 48.6 Å². The first kappa shape index (κ1) is 14.2. The fourth-order valence-electron chi connectivity index (χ4n) is 2.61. The Morgan fingerprint density at radius 3 is 2.74 bits per heavy atom. The van der Waals surface area contributed by atoms with Crippen molar-refractivity contribution >= 4 is 23.0 Å². The zero-order chi connectivity index (χ0) is 13.8. The van der Waals surface area contributed by atoms with Crippen LogP contribution in [0.3, 0.4) is 0 Å². The van der Waals surface area contributed by atoms with Crippen LogP contribution >= 0.6 is 12.2 Å². The van der Waals surface area contributed by atoms with Crippen molar-refractivity contribution in [3.8, 4) is 0 Å². The summed E-state index contributed by atoms with van der Waals surface area (Å²) in [5.74, 6) is 1.79. The summed E-state index contributed by atoms with van der Waals surface area (Å²) in [5.41, 5.74) is 6.57. The highest BCUT2D eigenvalue weighted by Crippen LogP contribution is 2.22. The maximum Gasteiger partial charge on any atom is 0.129 e. The van der Waals surface area contributed by atoms with E-state index in [9.17, 15) is 0 Å². The fraction of sp³-hybridized carbons (Fsp3) is 0.571. The zero-order valence-corrected chi connectivity index (χ0v) is 12.5. The van der Waals surface area contributed by atoms with Crippen molar-refractivity contribution in [3.05, 3.63) is 23.9 Å². The molecule has 2 N–H and O–H groups in total. The van der Waals surface area contributed by atoms with E-state index in [1.807, 2.05) is 12.1 Å². The van der Waals surface area contributed by atoms with Crippen LogP contribution in [0, 0.1) is 5.92 Å². The number of thiocarbonyl (C=S) groups is 1. The van der Waals surface area contributed by atoms with Crippen LogP contribution in [0.5, 0.6) is 0 Å². The van der Waals surface area contributed by atoms with E-state index in [-0.39, 0.29) is 0 Å². The minimum atomic E-state index is 0.436. The first-order valence-electron chi connectivity index (χ1n) is 6.72. The average molecular weight is 278 g/mol. The van der Waals surface area contributed by atoms with Gasteiger partial charge in [-0.1, -0.05) is 12.2 Å². The Morgan fingerprint density at radius 2 is 2.16 bits per heavy atom. The first-order valence-corrected chi connectivity index (χ1v) is 7.12. The highest BCUT2D eigenvalue weighted by Gasteiger charge is 2.20. The van der Waals surface area contributed by atoms with Gasteiger partial charge in [0.25, 0.3) is 0 Å². The molecule has 1 aromatic heterocycles. The van der Waals surface area contributed by atoms with Crippen molar-refractivity contribution in [3.63, 3.8) is 0 Å². The van der Waals surface area contributed by atoms with Gasteiger partial charge in [-0.25, -0.2) is 4.98 Å². The molecule has 4 nitrogen and oxygen atoms in total. The van der Waals surface area contributed by atoms with Crippen molar-refractivity contribution in [2.75, 3.05) is 38.6 Å². The van der Waals surface area contributed by atoms with Gasteiger partial charge in [-0.15, -0.1) is 0 Å². The summed E-state index contributed by atoms with van der Waals surface area (Å²) in [7, 11) is 4.28. The van der Waals surface area contributed by atoms with Gasteiger partial charge in [0.15, 0.2) is 0 Å². The number of pyridine rings is 1. The second kappa shape index (κ2) is 6.30. The molecule has 0 atom stereocenters. The summed E-state index contributed by atoms with van der Waals surface area (Å²) in [6, 6.07) is 3.86. The van der Waals surface area contributed by atoms with Gasteiger partial charge in [-0.05, 0) is 45.0 Å². The Labute approximate surface area is 120 Å². The standard InChI is InChI=1S/C14H22N4S/c1-17(2)10-11-4-7-18(8-5-11)13-9-12(14(15)19)3-6-16-13/h3,6,9,11H,4-5,7-8,10H2,1-2H3,(H2,15,19). The summed E-state index contributed by atoms with van der Waals surface area (Å²) in [6.07, 6.45) is 4.23. The molecule has 0 amide bonds. The lowest BCUT2D eigenvalue weighted by atomic mass is 9.96. The number of aromatic nitrogens is 1. The smallest absolute Gasteiger partial charge is 0.129 e. The molecule has 5 heteroatoms. The number of nitrogens with zero attached hydrogens (tertiary/aromatic N) is 3. The van der Waals surface area contributed by atoms with Crippen molar-refractivity contribution < 1.29 is 0 Å². The maximum atomic E-state index is 5.67. The number of hydrogen-bond acceptors (Lipinski definition) is 4. The third kappa shape index (κ3) is 3.88. The number of nitrogens with two attached hydrogens (primary N) is 1. The molecule has 0 aliphatic carbocycles. The van der Waals surface area contributed by atoms with Gasteiger partial charge in [-0.3, -0.25) is 0 Å². The van der Waals surface area contributed by atoms with Crippen LogP contribution in [0.4, 0.5) is 5.82 Å². The molecule has 1 fully saturated rings. The molecular weight excluding hydrogens is 256 g/mol. The molecule has 19 heavy (non-hydrogen) atoms. The van der Waals surface area contributed by atoms with E-state index in [1.54, 1.807) is 6.20 Å². The van der Waals surface area contributed by atoms with Gasteiger partial charge < -0.3 is 15.5 Å². The average Bonchev–Trinajstić information content (AvgIpc) is 2.39. The number of hydrogen-bond donors (Lipinski definition) is 1. The predicted molar refractivity (Wildman–Crippen MR) is 83.6 cm³/mol. The predicted octanol–water partition coefficient (Wildman–Crippen LogP) is 1.49. The quantitative estimate of drug-likeness (QED) is 0.846. The van der Waals surface area contributed by atoms with Crippen molar-refractivity contribution in [2.24, 2.45) is 11.7 Å². The summed E-state index contributed by atoms with van der Waals surface area (Å²) in [5, 5.41) is 0. The van der Waals surface area contributed by atoms with E-state index in [1.165, 1.54) is 19.4 Å². The third-order valence-corrected chi connectivity index (χ3v) is 3.83. The lowest BCUT2D eigenvalue weighted by Gasteiger charge is -2.34. The van der Waals surface area contributed by atoms with Crippen LogP contribution in [0.2, 0.25) is 0 Å². The van der Waals surface area contributed by atoms with E-state index in [4.69, 9.17) is 18.0 Å². The van der Waals surface area contributed by atoms with E-state index >= 15 is 0 Å². The molecule has 1 aliphatic rings. The molecule has 104 valence electrons. The van der Waals surface area contributed by atoms with E-state index in [0.717, 1.165) is 30.4 Å². The highest BCUT2D eigenvalue weighted by atomic mass is 32.1. The second-order valence-corrected chi connectivity index (χ2v) is 5.90. The Balaban J connectivity index is 1.97. The van der Waals surface area contributed by atoms with Crippen LogP contribution in [0.1, 0.15) is 18.4 Å². The largest absolute Gasteiger partial charge is 0.389 e. The second-order valence-electron chi connectivity index (χ2n) is 5.46. The Morgan fingerprint density at radius 1 is 1.47 bits per heavy atom. The fourth-order valence-corrected chi connectivity index (χ4v) is 2.73. The van der Waals surface area contributed by atoms with Crippen LogP contribution in [-0.2, 0) is 0 Å². The zero-order valence-electron chi connectivity index (χ0n) is 11.7. The van der Waals surface area contributed by atoms with Gasteiger partial charge in [-0.2, -0.15) is 0 Å². The van der Waals surface area contributed by atoms with Crippen molar-refractivity contribution in [2.45, 2.75) is 12.8 Å². The van der Waals surface area contributed by atoms with Crippen molar-refractivity contribution in [1.29, 1.82) is 0 Å².